The van der Waals surface area contributed by atoms with Crippen molar-refractivity contribution in [3.63, 3.8) is 0 Å². The normalized spacial score (nSPS) is 13.0. The smallest absolute Gasteiger partial charge is 0.241 e. The Balaban J connectivity index is 2.89. The van der Waals surface area contributed by atoms with E-state index in [1.54, 1.807) is 0 Å². The van der Waals surface area contributed by atoms with E-state index in [1.807, 2.05) is 64.0 Å². The number of hydrogen-bond acceptors (Lipinski definition) is 3. The summed E-state index contributed by atoms with van der Waals surface area (Å²) < 4.78 is 0. The molecule has 0 radical (unpaired) electrons. The summed E-state index contributed by atoms with van der Waals surface area (Å²) in [5.41, 5.74) is 7.44. The zero-order valence-corrected chi connectivity index (χ0v) is 11.8. The highest BCUT2D eigenvalue weighted by Gasteiger charge is 2.27. The molecular weight excluding hydrogens is 226 g/mol. The molecule has 1 atom stereocenters. The maximum atomic E-state index is 12.1. The van der Waals surface area contributed by atoms with Crippen LogP contribution in [0.5, 0.6) is 0 Å². The maximum absolute atomic E-state index is 12.1. The van der Waals surface area contributed by atoms with Crippen molar-refractivity contribution in [3.05, 3.63) is 24.3 Å². The van der Waals surface area contributed by atoms with Crippen LogP contribution in [0.4, 0.5) is 11.4 Å². The van der Waals surface area contributed by atoms with Crippen LogP contribution in [0.2, 0.25) is 0 Å². The number of carbonyl (C=O) groups is 1. The summed E-state index contributed by atoms with van der Waals surface area (Å²) in [7, 11) is 3.88. The fraction of sp³-hybridized carbons (Fsp3) is 0.500. The fourth-order valence-corrected chi connectivity index (χ4v) is 1.57. The summed E-state index contributed by atoms with van der Waals surface area (Å²) in [6.45, 7) is 5.86. The highest BCUT2D eigenvalue weighted by atomic mass is 16.2. The van der Waals surface area contributed by atoms with E-state index in [2.05, 4.69) is 5.32 Å². The van der Waals surface area contributed by atoms with Gasteiger partial charge in [0.25, 0.3) is 0 Å². The van der Waals surface area contributed by atoms with Crippen LogP contribution in [0.3, 0.4) is 0 Å². The van der Waals surface area contributed by atoms with E-state index in [9.17, 15) is 4.79 Å². The molecule has 0 saturated heterocycles. The molecular formula is C14H23N3O. The highest BCUT2D eigenvalue weighted by molar-refractivity contribution is 5.98. The number of carbonyl (C=O) groups excluding carboxylic acids is 1. The van der Waals surface area contributed by atoms with Crippen LogP contribution in [0.25, 0.3) is 0 Å². The first-order chi connectivity index (χ1) is 8.23. The van der Waals surface area contributed by atoms with Crippen LogP contribution in [-0.4, -0.2) is 26.0 Å². The van der Waals surface area contributed by atoms with Crippen LogP contribution in [0.1, 0.15) is 20.8 Å². The zero-order valence-electron chi connectivity index (χ0n) is 11.8. The van der Waals surface area contributed by atoms with Crippen molar-refractivity contribution in [1.29, 1.82) is 0 Å². The minimum absolute atomic E-state index is 0.156. The summed E-state index contributed by atoms with van der Waals surface area (Å²) in [6, 6.07) is 7.13. The lowest BCUT2D eigenvalue weighted by Gasteiger charge is -2.26. The molecule has 0 aliphatic carbocycles. The van der Waals surface area contributed by atoms with Crippen molar-refractivity contribution in [3.8, 4) is 0 Å². The van der Waals surface area contributed by atoms with Crippen molar-refractivity contribution < 1.29 is 4.79 Å². The molecule has 4 nitrogen and oxygen atoms in total. The Kier molecular flexibility index (Phi) is 4.35. The Morgan fingerprint density at radius 1 is 1.28 bits per heavy atom. The third kappa shape index (κ3) is 3.47. The first-order valence-electron chi connectivity index (χ1n) is 6.06. The number of hydrogen-bond donors (Lipinski definition) is 2. The highest BCUT2D eigenvalue weighted by Crippen LogP contribution is 2.25. The van der Waals surface area contributed by atoms with Gasteiger partial charge in [-0.2, -0.15) is 0 Å². The van der Waals surface area contributed by atoms with Crippen molar-refractivity contribution >= 4 is 17.3 Å². The fourth-order valence-electron chi connectivity index (χ4n) is 1.57. The van der Waals surface area contributed by atoms with Gasteiger partial charge >= 0.3 is 0 Å². The Labute approximate surface area is 109 Å². The molecule has 100 valence electrons. The van der Waals surface area contributed by atoms with E-state index in [-0.39, 0.29) is 11.3 Å². The Morgan fingerprint density at radius 2 is 1.83 bits per heavy atom. The third-order valence-corrected chi connectivity index (χ3v) is 2.86. The molecule has 0 heterocycles. The molecule has 0 spiro atoms. The summed E-state index contributed by atoms with van der Waals surface area (Å²) in [4.78, 5) is 14.0. The molecule has 1 aromatic carbocycles. The SMILES string of the molecule is CN(C)c1ccccc1NC(=O)[C@H](N)C(C)(C)C. The standard InChI is InChI=1S/C14H23N3O/c1-14(2,3)12(15)13(18)16-10-8-6-7-9-11(10)17(4)5/h6-9,12H,15H2,1-5H3,(H,16,18)/t12-/m0/s1. The van der Waals surface area contributed by atoms with E-state index in [0.717, 1.165) is 11.4 Å². The Morgan fingerprint density at radius 3 is 2.33 bits per heavy atom. The molecule has 1 rings (SSSR count). The first kappa shape index (κ1) is 14.5. The number of nitrogens with two attached hydrogens (primary N) is 1. The minimum Gasteiger partial charge on any atom is -0.376 e. The maximum Gasteiger partial charge on any atom is 0.241 e. The van der Waals surface area contributed by atoms with Crippen LogP contribution in [0.15, 0.2) is 24.3 Å². The Bertz CT molecular complexity index is 421. The van der Waals surface area contributed by atoms with Gasteiger partial charge < -0.3 is 16.0 Å². The molecule has 0 unspecified atom stereocenters. The van der Waals surface area contributed by atoms with Gasteiger partial charge in [0.05, 0.1) is 17.4 Å². The van der Waals surface area contributed by atoms with Crippen LogP contribution < -0.4 is 16.0 Å². The minimum atomic E-state index is -0.535. The Hall–Kier alpha value is -1.55. The van der Waals surface area contributed by atoms with Gasteiger partial charge in [-0.25, -0.2) is 0 Å². The van der Waals surface area contributed by atoms with E-state index in [0.29, 0.717) is 0 Å². The van der Waals surface area contributed by atoms with E-state index in [1.165, 1.54) is 0 Å². The number of nitrogens with one attached hydrogen (secondary N) is 1. The molecule has 0 saturated carbocycles. The predicted molar refractivity (Wildman–Crippen MR) is 76.8 cm³/mol. The largest absolute Gasteiger partial charge is 0.376 e. The molecule has 0 aromatic heterocycles. The van der Waals surface area contributed by atoms with Gasteiger partial charge in [-0.1, -0.05) is 32.9 Å². The molecule has 18 heavy (non-hydrogen) atoms. The van der Waals surface area contributed by atoms with E-state index in [4.69, 9.17) is 5.73 Å². The van der Waals surface area contributed by atoms with Crippen molar-refractivity contribution in [1.82, 2.24) is 0 Å². The van der Waals surface area contributed by atoms with Gasteiger partial charge in [0, 0.05) is 14.1 Å². The average molecular weight is 249 g/mol. The van der Waals surface area contributed by atoms with Crippen molar-refractivity contribution in [2.45, 2.75) is 26.8 Å². The van der Waals surface area contributed by atoms with Gasteiger partial charge in [-0.15, -0.1) is 0 Å². The number of para-hydroxylation sites is 2. The average Bonchev–Trinajstić information content (AvgIpc) is 2.27. The number of nitrogens with zero attached hydrogens (tertiary/aromatic N) is 1. The molecule has 0 aliphatic rings. The number of amides is 1. The lowest BCUT2D eigenvalue weighted by molar-refractivity contribution is -0.119. The number of anilines is 2. The zero-order chi connectivity index (χ0) is 13.9. The second kappa shape index (κ2) is 5.40. The molecule has 0 fully saturated rings. The van der Waals surface area contributed by atoms with Gasteiger partial charge in [0.1, 0.15) is 0 Å². The predicted octanol–water partition coefficient (Wildman–Crippen LogP) is 2.06. The third-order valence-electron chi connectivity index (χ3n) is 2.86. The van der Waals surface area contributed by atoms with Gasteiger partial charge in [-0.3, -0.25) is 4.79 Å². The molecule has 3 N–H and O–H groups in total. The topological polar surface area (TPSA) is 58.4 Å². The van der Waals surface area contributed by atoms with E-state index >= 15 is 0 Å². The number of benzene rings is 1. The molecule has 1 amide bonds. The van der Waals surface area contributed by atoms with Crippen LogP contribution in [-0.2, 0) is 4.79 Å². The van der Waals surface area contributed by atoms with Crippen molar-refractivity contribution in [2.24, 2.45) is 11.1 Å². The lowest BCUT2D eigenvalue weighted by atomic mass is 9.87. The molecule has 1 aromatic rings. The van der Waals surface area contributed by atoms with Gasteiger partial charge in [0.2, 0.25) is 5.91 Å². The summed E-state index contributed by atoms with van der Waals surface area (Å²) in [5, 5.41) is 2.89. The summed E-state index contributed by atoms with van der Waals surface area (Å²) in [5.74, 6) is -0.156. The molecule has 0 aliphatic heterocycles. The first-order valence-corrected chi connectivity index (χ1v) is 6.06. The van der Waals surface area contributed by atoms with Gasteiger partial charge in [-0.05, 0) is 17.5 Å². The van der Waals surface area contributed by atoms with E-state index < -0.39 is 6.04 Å². The van der Waals surface area contributed by atoms with Crippen LogP contribution >= 0.6 is 0 Å². The van der Waals surface area contributed by atoms with Crippen molar-refractivity contribution in [2.75, 3.05) is 24.3 Å². The quantitative estimate of drug-likeness (QED) is 0.862. The lowest BCUT2D eigenvalue weighted by Crippen LogP contribution is -2.45. The number of rotatable bonds is 3. The second-order valence-corrected chi connectivity index (χ2v) is 5.74. The monoisotopic (exact) mass is 249 g/mol. The molecule has 0 bridgehead atoms. The summed E-state index contributed by atoms with van der Waals surface area (Å²) >= 11 is 0. The second-order valence-electron chi connectivity index (χ2n) is 5.74. The summed E-state index contributed by atoms with van der Waals surface area (Å²) in [6.07, 6.45) is 0. The van der Waals surface area contributed by atoms with Crippen LogP contribution in [0, 0.1) is 5.41 Å². The van der Waals surface area contributed by atoms with Gasteiger partial charge in [0.15, 0.2) is 0 Å². The molecule has 4 heteroatoms.